The molecule has 1 saturated heterocycles. The minimum absolute atomic E-state index is 0.816. The van der Waals surface area contributed by atoms with Gasteiger partial charge in [0, 0.05) is 13.1 Å². The summed E-state index contributed by atoms with van der Waals surface area (Å²) in [5.74, 6) is 1.06. The van der Waals surface area contributed by atoms with Crippen LogP contribution in [0.2, 0.25) is 0 Å². The van der Waals surface area contributed by atoms with Crippen molar-refractivity contribution in [2.45, 2.75) is 26.7 Å². The van der Waals surface area contributed by atoms with Crippen molar-refractivity contribution in [3.05, 3.63) is 29.3 Å². The Morgan fingerprint density at radius 1 is 1.11 bits per heavy atom. The van der Waals surface area contributed by atoms with Crippen LogP contribution in [0, 0.1) is 13.8 Å². The second-order valence-electron chi connectivity index (χ2n) is 5.23. The molecule has 1 aromatic rings. The van der Waals surface area contributed by atoms with Crippen molar-refractivity contribution in [3.8, 4) is 5.75 Å². The van der Waals surface area contributed by atoms with E-state index in [2.05, 4.69) is 36.9 Å². The third-order valence-electron chi connectivity index (χ3n) is 3.63. The second-order valence-corrected chi connectivity index (χ2v) is 5.23. The van der Waals surface area contributed by atoms with E-state index in [1.807, 2.05) is 0 Å². The van der Waals surface area contributed by atoms with Crippen molar-refractivity contribution in [3.63, 3.8) is 0 Å². The van der Waals surface area contributed by atoms with E-state index in [4.69, 9.17) is 9.47 Å². The first-order valence-corrected chi connectivity index (χ1v) is 7.26. The number of ether oxygens (including phenoxy) is 2. The Morgan fingerprint density at radius 2 is 1.79 bits per heavy atom. The number of para-hydroxylation sites is 1. The van der Waals surface area contributed by atoms with Crippen molar-refractivity contribution in [1.29, 1.82) is 0 Å². The van der Waals surface area contributed by atoms with Crippen molar-refractivity contribution < 1.29 is 9.47 Å². The smallest absolute Gasteiger partial charge is 0.125 e. The molecule has 0 amide bonds. The third kappa shape index (κ3) is 4.51. The number of benzene rings is 1. The summed E-state index contributed by atoms with van der Waals surface area (Å²) in [7, 11) is 0. The zero-order valence-electron chi connectivity index (χ0n) is 12.2. The summed E-state index contributed by atoms with van der Waals surface area (Å²) >= 11 is 0. The van der Waals surface area contributed by atoms with Gasteiger partial charge in [0.15, 0.2) is 0 Å². The average molecular weight is 263 g/mol. The van der Waals surface area contributed by atoms with Gasteiger partial charge in [-0.15, -0.1) is 0 Å². The fraction of sp³-hybridized carbons (Fsp3) is 0.625. The quantitative estimate of drug-likeness (QED) is 0.737. The van der Waals surface area contributed by atoms with E-state index in [9.17, 15) is 0 Å². The van der Waals surface area contributed by atoms with Gasteiger partial charge in [0.05, 0.1) is 19.8 Å². The summed E-state index contributed by atoms with van der Waals surface area (Å²) in [6.07, 6.45) is 2.32. The molecule has 0 unspecified atom stereocenters. The van der Waals surface area contributed by atoms with Gasteiger partial charge < -0.3 is 9.47 Å². The van der Waals surface area contributed by atoms with E-state index in [-0.39, 0.29) is 0 Å². The largest absolute Gasteiger partial charge is 0.493 e. The van der Waals surface area contributed by atoms with Crippen molar-refractivity contribution >= 4 is 0 Å². The normalized spacial score (nSPS) is 16.5. The molecule has 1 aromatic carbocycles. The Morgan fingerprint density at radius 3 is 2.47 bits per heavy atom. The zero-order chi connectivity index (χ0) is 13.5. The first-order chi connectivity index (χ1) is 9.27. The molecule has 3 nitrogen and oxygen atoms in total. The fourth-order valence-electron chi connectivity index (χ4n) is 2.46. The molecule has 0 aromatic heterocycles. The van der Waals surface area contributed by atoms with E-state index < -0.39 is 0 Å². The highest BCUT2D eigenvalue weighted by Gasteiger charge is 2.09. The Labute approximate surface area is 116 Å². The lowest BCUT2D eigenvalue weighted by Gasteiger charge is -2.26. The summed E-state index contributed by atoms with van der Waals surface area (Å²) in [5, 5.41) is 0. The predicted molar refractivity (Wildman–Crippen MR) is 77.9 cm³/mol. The van der Waals surface area contributed by atoms with Gasteiger partial charge in [0.1, 0.15) is 5.75 Å². The highest BCUT2D eigenvalue weighted by molar-refractivity contribution is 5.39. The van der Waals surface area contributed by atoms with E-state index in [0.29, 0.717) is 0 Å². The molecule has 2 rings (SSSR count). The Bertz CT molecular complexity index is 366. The van der Waals surface area contributed by atoms with Crippen LogP contribution in [-0.2, 0) is 4.74 Å². The van der Waals surface area contributed by atoms with Gasteiger partial charge in [0.25, 0.3) is 0 Å². The molecule has 0 spiro atoms. The summed E-state index contributed by atoms with van der Waals surface area (Å²) < 4.78 is 11.3. The Kier molecular flexibility index (Phi) is 5.67. The van der Waals surface area contributed by atoms with Crippen LogP contribution in [0.5, 0.6) is 5.75 Å². The predicted octanol–water partition coefficient (Wildman–Crippen LogP) is 2.79. The highest BCUT2D eigenvalue weighted by atomic mass is 16.5. The fourth-order valence-corrected chi connectivity index (χ4v) is 2.46. The van der Waals surface area contributed by atoms with Gasteiger partial charge in [-0.2, -0.15) is 0 Å². The molecule has 1 aliphatic heterocycles. The molecule has 0 bridgehead atoms. The zero-order valence-corrected chi connectivity index (χ0v) is 12.2. The van der Waals surface area contributed by atoms with Crippen molar-refractivity contribution in [2.75, 3.05) is 39.5 Å². The first kappa shape index (κ1) is 14.4. The van der Waals surface area contributed by atoms with Crippen molar-refractivity contribution in [2.24, 2.45) is 0 Å². The molecule has 0 aliphatic carbocycles. The minimum atomic E-state index is 0.816. The average Bonchev–Trinajstić information content (AvgIpc) is 2.42. The molecule has 1 aliphatic rings. The van der Waals surface area contributed by atoms with Crippen LogP contribution in [0.1, 0.15) is 24.0 Å². The summed E-state index contributed by atoms with van der Waals surface area (Å²) in [4.78, 5) is 2.47. The number of hydrogen-bond acceptors (Lipinski definition) is 3. The maximum atomic E-state index is 5.91. The number of morpholine rings is 1. The molecular weight excluding hydrogens is 238 g/mol. The van der Waals surface area contributed by atoms with E-state index >= 15 is 0 Å². The summed E-state index contributed by atoms with van der Waals surface area (Å²) in [5.41, 5.74) is 2.46. The van der Waals surface area contributed by atoms with Gasteiger partial charge in [-0.25, -0.2) is 0 Å². The molecule has 1 heterocycles. The van der Waals surface area contributed by atoms with Gasteiger partial charge in [0.2, 0.25) is 0 Å². The number of nitrogens with zero attached hydrogens (tertiary/aromatic N) is 1. The molecule has 0 saturated carbocycles. The van der Waals surface area contributed by atoms with Gasteiger partial charge in [-0.05, 0) is 44.4 Å². The Balaban J connectivity index is 1.63. The monoisotopic (exact) mass is 263 g/mol. The molecule has 0 atom stereocenters. The Hall–Kier alpha value is -1.06. The SMILES string of the molecule is Cc1cccc(C)c1OCCCCN1CCOCC1. The van der Waals surface area contributed by atoms with Crippen LogP contribution in [0.25, 0.3) is 0 Å². The van der Waals surface area contributed by atoms with Crippen LogP contribution in [-0.4, -0.2) is 44.4 Å². The first-order valence-electron chi connectivity index (χ1n) is 7.26. The maximum absolute atomic E-state index is 5.91. The molecule has 0 radical (unpaired) electrons. The number of aryl methyl sites for hydroxylation is 2. The molecule has 106 valence electrons. The lowest BCUT2D eigenvalue weighted by atomic mass is 10.1. The summed E-state index contributed by atoms with van der Waals surface area (Å²) in [6, 6.07) is 6.29. The lowest BCUT2D eigenvalue weighted by molar-refractivity contribution is 0.0368. The molecule has 0 N–H and O–H groups in total. The van der Waals surface area contributed by atoms with Gasteiger partial charge in [-0.3, -0.25) is 4.90 Å². The highest BCUT2D eigenvalue weighted by Crippen LogP contribution is 2.22. The maximum Gasteiger partial charge on any atom is 0.125 e. The van der Waals surface area contributed by atoms with Crippen LogP contribution in [0.4, 0.5) is 0 Å². The second kappa shape index (κ2) is 7.51. The minimum Gasteiger partial charge on any atom is -0.493 e. The third-order valence-corrected chi connectivity index (χ3v) is 3.63. The number of rotatable bonds is 6. The van der Waals surface area contributed by atoms with Crippen LogP contribution in [0.3, 0.4) is 0 Å². The van der Waals surface area contributed by atoms with Crippen LogP contribution < -0.4 is 4.74 Å². The molecular formula is C16H25NO2. The summed E-state index contributed by atoms with van der Waals surface area (Å²) in [6.45, 7) is 10.1. The van der Waals surface area contributed by atoms with Crippen LogP contribution in [0.15, 0.2) is 18.2 Å². The van der Waals surface area contributed by atoms with Gasteiger partial charge >= 0.3 is 0 Å². The van der Waals surface area contributed by atoms with Crippen LogP contribution >= 0.6 is 0 Å². The topological polar surface area (TPSA) is 21.7 Å². The standard InChI is InChI=1S/C16H25NO2/c1-14-6-5-7-15(2)16(14)19-11-4-3-8-17-9-12-18-13-10-17/h5-7H,3-4,8-13H2,1-2H3. The number of hydrogen-bond donors (Lipinski definition) is 0. The molecule has 3 heteroatoms. The van der Waals surface area contributed by atoms with E-state index in [0.717, 1.165) is 45.1 Å². The van der Waals surface area contributed by atoms with E-state index in [1.165, 1.54) is 24.1 Å². The van der Waals surface area contributed by atoms with Gasteiger partial charge in [-0.1, -0.05) is 18.2 Å². The molecule has 1 fully saturated rings. The van der Waals surface area contributed by atoms with E-state index in [1.54, 1.807) is 0 Å². The molecule has 19 heavy (non-hydrogen) atoms. The number of unbranched alkanes of at least 4 members (excludes halogenated alkanes) is 1. The van der Waals surface area contributed by atoms with Crippen molar-refractivity contribution in [1.82, 2.24) is 4.90 Å². The lowest BCUT2D eigenvalue weighted by Crippen LogP contribution is -2.36.